The number of anilines is 1. The highest BCUT2D eigenvalue weighted by Crippen LogP contribution is 2.31. The second-order valence-corrected chi connectivity index (χ2v) is 5.66. The van der Waals surface area contributed by atoms with E-state index in [9.17, 15) is 0 Å². The largest absolute Gasteiger partial charge is 0.399 e. The molecule has 0 heterocycles. The van der Waals surface area contributed by atoms with Crippen molar-refractivity contribution in [1.29, 1.82) is 5.26 Å². The van der Waals surface area contributed by atoms with Gasteiger partial charge in [0.15, 0.2) is 0 Å². The average Bonchev–Trinajstić information content (AvgIpc) is 2.38. The Hall–Kier alpha value is -1.44. The van der Waals surface area contributed by atoms with Gasteiger partial charge in [0.1, 0.15) is 0 Å². The number of nitrogens with zero attached hydrogens (tertiary/aromatic N) is 1. The molecule has 2 N–H and O–H groups in total. The summed E-state index contributed by atoms with van der Waals surface area (Å²) in [4.78, 5) is 1.16. The average molecular weight is 319 g/mol. The molecule has 2 rings (SSSR count). The lowest BCUT2D eigenvalue weighted by Crippen LogP contribution is -1.86. The summed E-state index contributed by atoms with van der Waals surface area (Å²) < 4.78 is 1.01. The fourth-order valence-electron chi connectivity index (χ4n) is 1.47. The van der Waals surface area contributed by atoms with Crippen LogP contribution in [0.2, 0.25) is 0 Å². The molecule has 4 heteroatoms. The molecule has 0 unspecified atom stereocenters. The van der Waals surface area contributed by atoms with Crippen LogP contribution in [0.4, 0.5) is 5.69 Å². The van der Waals surface area contributed by atoms with Crippen LogP contribution in [0.15, 0.2) is 51.8 Å². The van der Waals surface area contributed by atoms with Gasteiger partial charge < -0.3 is 5.73 Å². The summed E-state index contributed by atoms with van der Waals surface area (Å²) in [5.41, 5.74) is 8.34. The molecule has 0 aromatic heterocycles. The maximum Gasteiger partial charge on any atom is 0.0991 e. The molecule has 0 fully saturated rings. The zero-order valence-electron chi connectivity index (χ0n) is 9.56. The lowest BCUT2D eigenvalue weighted by molar-refractivity contribution is 1.35. The first-order valence-electron chi connectivity index (χ1n) is 5.36. The smallest absolute Gasteiger partial charge is 0.0991 e. The summed E-state index contributed by atoms with van der Waals surface area (Å²) in [7, 11) is 0. The van der Waals surface area contributed by atoms with Crippen molar-refractivity contribution < 1.29 is 0 Å². The summed E-state index contributed by atoms with van der Waals surface area (Å²) in [5, 5.41) is 8.73. The normalized spacial score (nSPS) is 10.0. The van der Waals surface area contributed by atoms with Crippen molar-refractivity contribution in [3.63, 3.8) is 0 Å². The molecule has 0 spiro atoms. The number of thioether (sulfide) groups is 1. The van der Waals surface area contributed by atoms with Crippen LogP contribution in [-0.2, 0) is 5.75 Å². The summed E-state index contributed by atoms with van der Waals surface area (Å²) in [5.74, 6) is 0.869. The van der Waals surface area contributed by atoms with Crippen molar-refractivity contribution in [3.8, 4) is 6.07 Å². The standard InChI is InChI=1S/C14H11BrN2S/c15-13-7-12(17)5-6-14(13)18-9-11-3-1-10(8-16)2-4-11/h1-7H,9,17H2. The number of benzene rings is 2. The third-order valence-electron chi connectivity index (χ3n) is 2.43. The van der Waals surface area contributed by atoms with E-state index in [0.717, 1.165) is 20.8 Å². The maximum atomic E-state index is 8.73. The van der Waals surface area contributed by atoms with E-state index in [0.29, 0.717) is 5.56 Å². The number of hydrogen-bond donors (Lipinski definition) is 1. The lowest BCUT2D eigenvalue weighted by Gasteiger charge is -2.05. The predicted octanol–water partition coefficient (Wildman–Crippen LogP) is 4.20. The van der Waals surface area contributed by atoms with Crippen LogP contribution in [-0.4, -0.2) is 0 Å². The van der Waals surface area contributed by atoms with Gasteiger partial charge in [-0.25, -0.2) is 0 Å². The molecule has 0 aliphatic rings. The van der Waals surface area contributed by atoms with Crippen molar-refractivity contribution in [2.75, 3.05) is 5.73 Å². The highest BCUT2D eigenvalue weighted by atomic mass is 79.9. The summed E-state index contributed by atoms with van der Waals surface area (Å²) in [6.07, 6.45) is 0. The van der Waals surface area contributed by atoms with Gasteiger partial charge in [0.25, 0.3) is 0 Å². The first kappa shape index (κ1) is 13.0. The van der Waals surface area contributed by atoms with Crippen molar-refractivity contribution in [3.05, 3.63) is 58.1 Å². The van der Waals surface area contributed by atoms with E-state index >= 15 is 0 Å². The minimum absolute atomic E-state index is 0.692. The van der Waals surface area contributed by atoms with Gasteiger partial charge in [0.2, 0.25) is 0 Å². The Morgan fingerprint density at radius 1 is 1.17 bits per heavy atom. The van der Waals surface area contributed by atoms with Gasteiger partial charge in [-0.2, -0.15) is 5.26 Å². The van der Waals surface area contributed by atoms with Crippen LogP contribution < -0.4 is 5.73 Å². The van der Waals surface area contributed by atoms with E-state index in [-0.39, 0.29) is 0 Å². The van der Waals surface area contributed by atoms with Crippen molar-refractivity contribution in [2.45, 2.75) is 10.6 Å². The van der Waals surface area contributed by atoms with E-state index in [1.807, 2.05) is 42.5 Å². The van der Waals surface area contributed by atoms with Gasteiger partial charge in [-0.15, -0.1) is 11.8 Å². The topological polar surface area (TPSA) is 49.8 Å². The first-order chi connectivity index (χ1) is 8.69. The monoisotopic (exact) mass is 318 g/mol. The Balaban J connectivity index is 2.04. The SMILES string of the molecule is N#Cc1ccc(CSc2ccc(N)cc2Br)cc1. The third-order valence-corrected chi connectivity index (χ3v) is 4.50. The number of nitriles is 1. The highest BCUT2D eigenvalue weighted by molar-refractivity contribution is 9.10. The molecule has 2 aromatic rings. The quantitative estimate of drug-likeness (QED) is 0.681. The van der Waals surface area contributed by atoms with Crippen LogP contribution in [0.3, 0.4) is 0 Å². The maximum absolute atomic E-state index is 8.73. The molecule has 0 aliphatic carbocycles. The molecule has 0 saturated heterocycles. The molecule has 0 radical (unpaired) electrons. The summed E-state index contributed by atoms with van der Waals surface area (Å²) in [6.45, 7) is 0. The molecular weight excluding hydrogens is 308 g/mol. The molecule has 2 aromatic carbocycles. The van der Waals surface area contributed by atoms with Gasteiger partial charge in [-0.05, 0) is 51.8 Å². The van der Waals surface area contributed by atoms with Crippen LogP contribution in [0, 0.1) is 11.3 Å². The Morgan fingerprint density at radius 3 is 2.50 bits per heavy atom. The third kappa shape index (κ3) is 3.28. The summed E-state index contributed by atoms with van der Waals surface area (Å²) >= 11 is 5.24. The van der Waals surface area contributed by atoms with E-state index < -0.39 is 0 Å². The first-order valence-corrected chi connectivity index (χ1v) is 7.14. The Labute approximate surface area is 119 Å². The van der Waals surface area contributed by atoms with Crippen LogP contribution in [0.1, 0.15) is 11.1 Å². The van der Waals surface area contributed by atoms with Gasteiger partial charge >= 0.3 is 0 Å². The van der Waals surface area contributed by atoms with Gasteiger partial charge in [-0.3, -0.25) is 0 Å². The molecule has 90 valence electrons. The molecule has 0 aliphatic heterocycles. The second-order valence-electron chi connectivity index (χ2n) is 3.79. The number of rotatable bonds is 3. The van der Waals surface area contributed by atoms with Crippen LogP contribution in [0.25, 0.3) is 0 Å². The molecule has 2 nitrogen and oxygen atoms in total. The summed E-state index contributed by atoms with van der Waals surface area (Å²) in [6, 6.07) is 15.6. The number of nitrogens with two attached hydrogens (primary N) is 1. The van der Waals surface area contributed by atoms with Gasteiger partial charge in [0.05, 0.1) is 11.6 Å². The Bertz CT molecular complexity index is 588. The Morgan fingerprint density at radius 2 is 1.89 bits per heavy atom. The number of halogens is 1. The molecule has 0 amide bonds. The Kier molecular flexibility index (Phi) is 4.29. The second kappa shape index (κ2) is 5.94. The van der Waals surface area contributed by atoms with E-state index in [4.69, 9.17) is 11.0 Å². The molecular formula is C14H11BrN2S. The van der Waals surface area contributed by atoms with Crippen molar-refractivity contribution in [2.24, 2.45) is 0 Å². The van der Waals surface area contributed by atoms with E-state index in [2.05, 4.69) is 22.0 Å². The number of hydrogen-bond acceptors (Lipinski definition) is 3. The van der Waals surface area contributed by atoms with Crippen molar-refractivity contribution in [1.82, 2.24) is 0 Å². The molecule has 0 bridgehead atoms. The van der Waals surface area contributed by atoms with Crippen molar-refractivity contribution >= 4 is 33.4 Å². The van der Waals surface area contributed by atoms with Crippen LogP contribution >= 0.6 is 27.7 Å². The van der Waals surface area contributed by atoms with E-state index in [1.54, 1.807) is 11.8 Å². The molecule has 18 heavy (non-hydrogen) atoms. The fourth-order valence-corrected chi connectivity index (χ4v) is 3.09. The van der Waals surface area contributed by atoms with Gasteiger partial charge in [0, 0.05) is 20.8 Å². The van der Waals surface area contributed by atoms with Gasteiger partial charge in [-0.1, -0.05) is 12.1 Å². The minimum Gasteiger partial charge on any atom is -0.399 e. The van der Waals surface area contributed by atoms with E-state index in [1.165, 1.54) is 5.56 Å². The zero-order chi connectivity index (χ0) is 13.0. The lowest BCUT2D eigenvalue weighted by atomic mass is 10.2. The minimum atomic E-state index is 0.692. The fraction of sp³-hybridized carbons (Fsp3) is 0.0714. The zero-order valence-corrected chi connectivity index (χ0v) is 12.0. The predicted molar refractivity (Wildman–Crippen MR) is 79.3 cm³/mol. The highest BCUT2D eigenvalue weighted by Gasteiger charge is 2.02. The van der Waals surface area contributed by atoms with Crippen LogP contribution in [0.5, 0.6) is 0 Å². The number of nitrogen functional groups attached to an aromatic ring is 1. The molecule has 0 atom stereocenters. The molecule has 0 saturated carbocycles.